The van der Waals surface area contributed by atoms with Gasteiger partial charge in [-0.05, 0) is 67.2 Å². The lowest BCUT2D eigenvalue weighted by Gasteiger charge is -2.19. The van der Waals surface area contributed by atoms with Gasteiger partial charge in [0.2, 0.25) is 5.91 Å². The van der Waals surface area contributed by atoms with Gasteiger partial charge in [0.25, 0.3) is 5.91 Å². The van der Waals surface area contributed by atoms with Crippen molar-refractivity contribution in [1.29, 1.82) is 0 Å². The number of nitrogens with one attached hydrogen (secondary N) is 2. The second-order valence-electron chi connectivity index (χ2n) is 9.97. The van der Waals surface area contributed by atoms with E-state index >= 15 is 0 Å². The number of benzene rings is 3. The highest BCUT2D eigenvalue weighted by Gasteiger charge is 2.53. The van der Waals surface area contributed by atoms with Crippen LogP contribution in [0, 0.1) is 0 Å². The topological polar surface area (TPSA) is 111 Å². The van der Waals surface area contributed by atoms with Gasteiger partial charge in [0, 0.05) is 0 Å². The van der Waals surface area contributed by atoms with Crippen molar-refractivity contribution in [1.82, 2.24) is 10.8 Å². The highest BCUT2D eigenvalue weighted by atomic mass is 16.7. The average Bonchev–Trinajstić information content (AvgIpc) is 3.72. The van der Waals surface area contributed by atoms with Crippen LogP contribution in [0.4, 0.5) is 0 Å². The maximum absolute atomic E-state index is 12.6. The van der Waals surface area contributed by atoms with Crippen LogP contribution < -0.4 is 16.5 Å². The second kappa shape index (κ2) is 13.0. The molecule has 3 aromatic rings. The molecule has 4 rings (SSSR count). The molecule has 1 unspecified atom stereocenters. The minimum absolute atomic E-state index is 0.0862. The summed E-state index contributed by atoms with van der Waals surface area (Å²) in [6.07, 6.45) is 5.62. The Morgan fingerprint density at radius 2 is 1.29 bits per heavy atom. The van der Waals surface area contributed by atoms with Gasteiger partial charge in [0.05, 0.1) is 12.5 Å². The van der Waals surface area contributed by atoms with Crippen LogP contribution in [0.25, 0.3) is 0 Å². The molecule has 0 spiro atoms. The average molecular weight is 514 g/mol. The Kier molecular flexibility index (Phi) is 9.27. The lowest BCUT2D eigenvalue weighted by atomic mass is 10.0. The highest BCUT2D eigenvalue weighted by Crippen LogP contribution is 2.36. The number of aryl methyl sites for hydroxylation is 2. The third-order valence-electron chi connectivity index (χ3n) is 6.81. The van der Waals surface area contributed by atoms with Crippen molar-refractivity contribution in [3.8, 4) is 0 Å². The van der Waals surface area contributed by atoms with Crippen LogP contribution in [-0.2, 0) is 44.9 Å². The molecule has 7 nitrogen and oxygen atoms in total. The standard InChI is InChI=1S/C31H35N3O4/c32-27(21-25-13-5-2-6-14-25)29(36)33-31(19-20-31)30(37)38-34-28(35)22-26-17-15-24(16-18-26)12-8-7-11-23-9-3-1-4-10-23/h1-6,9-10,13-18,27H,7-8,11-12,19-22,32H2,(H,33,36)(H,34,35). The van der Waals surface area contributed by atoms with Gasteiger partial charge in [-0.1, -0.05) is 84.9 Å². The van der Waals surface area contributed by atoms with Gasteiger partial charge in [0.15, 0.2) is 0 Å². The Morgan fingerprint density at radius 3 is 1.87 bits per heavy atom. The first-order valence-corrected chi connectivity index (χ1v) is 13.2. The van der Waals surface area contributed by atoms with E-state index in [1.54, 1.807) is 0 Å². The Bertz CT molecular complexity index is 1210. The fourth-order valence-corrected chi connectivity index (χ4v) is 4.34. The second-order valence-corrected chi connectivity index (χ2v) is 9.97. The number of hydroxylamine groups is 1. The minimum Gasteiger partial charge on any atom is -0.339 e. The Labute approximate surface area is 223 Å². The highest BCUT2D eigenvalue weighted by molar-refractivity contribution is 5.93. The van der Waals surface area contributed by atoms with Gasteiger partial charge in [-0.2, -0.15) is 5.48 Å². The van der Waals surface area contributed by atoms with Gasteiger partial charge in [-0.25, -0.2) is 4.79 Å². The number of hydrogen-bond donors (Lipinski definition) is 3. The van der Waals surface area contributed by atoms with Gasteiger partial charge in [-0.15, -0.1) is 0 Å². The molecule has 0 heterocycles. The van der Waals surface area contributed by atoms with E-state index in [0.717, 1.165) is 36.8 Å². The SMILES string of the molecule is NC(Cc1ccccc1)C(=O)NC1(C(=O)ONC(=O)Cc2ccc(CCCCc3ccccc3)cc2)CC1. The van der Waals surface area contributed by atoms with Crippen molar-refractivity contribution < 1.29 is 19.2 Å². The van der Waals surface area contributed by atoms with E-state index in [-0.39, 0.29) is 6.42 Å². The Balaban J connectivity index is 1.15. The summed E-state index contributed by atoms with van der Waals surface area (Å²) < 4.78 is 0. The van der Waals surface area contributed by atoms with Crippen LogP contribution in [0.3, 0.4) is 0 Å². The van der Waals surface area contributed by atoms with E-state index in [1.807, 2.05) is 60.7 Å². The minimum atomic E-state index is -1.12. The molecule has 1 aliphatic carbocycles. The number of nitrogens with two attached hydrogens (primary N) is 1. The number of rotatable bonds is 12. The number of amides is 2. The van der Waals surface area contributed by atoms with Crippen molar-refractivity contribution in [2.45, 2.75) is 62.9 Å². The summed E-state index contributed by atoms with van der Waals surface area (Å²) in [4.78, 5) is 42.5. The van der Waals surface area contributed by atoms with E-state index in [9.17, 15) is 14.4 Å². The van der Waals surface area contributed by atoms with E-state index < -0.39 is 29.4 Å². The summed E-state index contributed by atoms with van der Waals surface area (Å²) >= 11 is 0. The van der Waals surface area contributed by atoms with Gasteiger partial charge >= 0.3 is 5.97 Å². The zero-order valence-electron chi connectivity index (χ0n) is 21.5. The maximum atomic E-state index is 12.6. The lowest BCUT2D eigenvalue weighted by Crippen LogP contribution is -2.52. The van der Waals surface area contributed by atoms with Crippen LogP contribution in [0.15, 0.2) is 84.9 Å². The van der Waals surface area contributed by atoms with Crippen molar-refractivity contribution in [2.75, 3.05) is 0 Å². The first kappa shape index (κ1) is 27.1. The zero-order chi connectivity index (χ0) is 26.8. The van der Waals surface area contributed by atoms with Gasteiger partial charge in [0.1, 0.15) is 5.54 Å². The largest absolute Gasteiger partial charge is 0.357 e. The molecule has 0 radical (unpaired) electrons. The van der Waals surface area contributed by atoms with Crippen molar-refractivity contribution in [3.05, 3.63) is 107 Å². The molecule has 1 atom stereocenters. The van der Waals surface area contributed by atoms with Gasteiger partial charge in [-0.3, -0.25) is 9.59 Å². The van der Waals surface area contributed by atoms with Crippen molar-refractivity contribution in [3.63, 3.8) is 0 Å². The molecule has 0 saturated heterocycles. The van der Waals surface area contributed by atoms with Crippen LogP contribution in [-0.4, -0.2) is 29.4 Å². The lowest BCUT2D eigenvalue weighted by molar-refractivity contribution is -0.162. The van der Waals surface area contributed by atoms with Crippen LogP contribution >= 0.6 is 0 Å². The molecule has 1 aliphatic rings. The fourth-order valence-electron chi connectivity index (χ4n) is 4.34. The molecule has 4 N–H and O–H groups in total. The molecule has 0 aliphatic heterocycles. The molecule has 198 valence electrons. The molecular formula is C31H35N3O4. The van der Waals surface area contributed by atoms with Crippen molar-refractivity contribution in [2.24, 2.45) is 5.73 Å². The molecule has 1 fully saturated rings. The third-order valence-corrected chi connectivity index (χ3v) is 6.81. The number of carbonyl (C=O) groups excluding carboxylic acids is 3. The number of unbranched alkanes of at least 4 members (excludes halogenated alkanes) is 1. The fraction of sp³-hybridized carbons (Fsp3) is 0.323. The monoisotopic (exact) mass is 513 g/mol. The molecule has 0 aromatic heterocycles. The van der Waals surface area contributed by atoms with E-state index in [1.165, 1.54) is 11.1 Å². The predicted molar refractivity (Wildman–Crippen MR) is 146 cm³/mol. The van der Waals surface area contributed by atoms with Crippen LogP contribution in [0.1, 0.15) is 47.9 Å². The normalized spacial score (nSPS) is 14.2. The van der Waals surface area contributed by atoms with Crippen LogP contribution in [0.5, 0.6) is 0 Å². The zero-order valence-corrected chi connectivity index (χ0v) is 21.5. The molecule has 2 amide bonds. The molecule has 7 heteroatoms. The maximum Gasteiger partial charge on any atom is 0.357 e. The molecule has 0 bridgehead atoms. The van der Waals surface area contributed by atoms with E-state index in [0.29, 0.717) is 19.3 Å². The van der Waals surface area contributed by atoms with Crippen molar-refractivity contribution >= 4 is 17.8 Å². The Morgan fingerprint density at radius 1 is 0.763 bits per heavy atom. The summed E-state index contributed by atoms with van der Waals surface area (Å²) in [6.45, 7) is 0. The number of carbonyl (C=O) groups is 3. The molecule has 38 heavy (non-hydrogen) atoms. The first-order chi connectivity index (χ1) is 18.4. The summed E-state index contributed by atoms with van der Waals surface area (Å²) in [6, 6.07) is 27.0. The summed E-state index contributed by atoms with van der Waals surface area (Å²) in [5, 5.41) is 2.71. The summed E-state index contributed by atoms with van der Waals surface area (Å²) in [5.74, 6) is -1.54. The molecule has 3 aromatic carbocycles. The summed E-state index contributed by atoms with van der Waals surface area (Å²) in [7, 11) is 0. The smallest absolute Gasteiger partial charge is 0.339 e. The van der Waals surface area contributed by atoms with Gasteiger partial charge < -0.3 is 15.9 Å². The van der Waals surface area contributed by atoms with E-state index in [2.05, 4.69) is 35.1 Å². The van der Waals surface area contributed by atoms with E-state index in [4.69, 9.17) is 10.6 Å². The Hall–Kier alpha value is -3.97. The third kappa shape index (κ3) is 8.02. The quantitative estimate of drug-likeness (QED) is 0.253. The molecular weight excluding hydrogens is 478 g/mol. The number of hydrogen-bond acceptors (Lipinski definition) is 5. The first-order valence-electron chi connectivity index (χ1n) is 13.2. The van der Waals surface area contributed by atoms with Crippen LogP contribution in [0.2, 0.25) is 0 Å². The predicted octanol–water partition coefficient (Wildman–Crippen LogP) is 3.59. The molecule has 1 saturated carbocycles. The summed E-state index contributed by atoms with van der Waals surface area (Å²) in [5.41, 5.74) is 11.5.